The Morgan fingerprint density at radius 1 is 1.08 bits per heavy atom. The zero-order valence-corrected chi connectivity index (χ0v) is 14.3. The third kappa shape index (κ3) is 3.34. The van der Waals surface area contributed by atoms with E-state index in [0.29, 0.717) is 31.6 Å². The molecule has 24 heavy (non-hydrogen) atoms. The molecule has 128 valence electrons. The maximum absolute atomic E-state index is 12.6. The third-order valence-electron chi connectivity index (χ3n) is 4.05. The maximum atomic E-state index is 12.6. The van der Waals surface area contributed by atoms with Crippen LogP contribution < -0.4 is 0 Å². The SMILES string of the molecule is Cn1cnc(S(=O)(=O)N2CCCN(C(=O)c3ccccc3)CC2)c1. The average Bonchev–Trinajstić information content (AvgIpc) is 2.88. The molecule has 0 N–H and O–H groups in total. The quantitative estimate of drug-likeness (QED) is 0.828. The van der Waals surface area contributed by atoms with Gasteiger partial charge in [0.1, 0.15) is 0 Å². The molecule has 0 spiro atoms. The van der Waals surface area contributed by atoms with E-state index in [1.807, 2.05) is 18.2 Å². The van der Waals surface area contributed by atoms with E-state index in [1.54, 1.807) is 28.6 Å². The van der Waals surface area contributed by atoms with E-state index >= 15 is 0 Å². The second kappa shape index (κ2) is 6.74. The summed E-state index contributed by atoms with van der Waals surface area (Å²) in [6.07, 6.45) is 3.56. The normalized spacial score (nSPS) is 16.8. The summed E-state index contributed by atoms with van der Waals surface area (Å²) >= 11 is 0. The van der Waals surface area contributed by atoms with Crippen molar-refractivity contribution in [3.8, 4) is 0 Å². The summed E-state index contributed by atoms with van der Waals surface area (Å²) in [6.45, 7) is 1.58. The molecule has 1 aromatic carbocycles. The first-order chi connectivity index (χ1) is 11.5. The van der Waals surface area contributed by atoms with Crippen LogP contribution in [0.25, 0.3) is 0 Å². The Hall–Kier alpha value is -2.19. The monoisotopic (exact) mass is 348 g/mol. The van der Waals surface area contributed by atoms with Gasteiger partial charge >= 0.3 is 0 Å². The van der Waals surface area contributed by atoms with E-state index in [0.717, 1.165) is 0 Å². The number of sulfonamides is 1. The number of hydrogen-bond donors (Lipinski definition) is 0. The van der Waals surface area contributed by atoms with Gasteiger partial charge in [0, 0.05) is 45.0 Å². The van der Waals surface area contributed by atoms with Crippen LogP contribution in [0.3, 0.4) is 0 Å². The third-order valence-corrected chi connectivity index (χ3v) is 5.83. The smallest absolute Gasteiger partial charge is 0.262 e. The fraction of sp³-hybridized carbons (Fsp3) is 0.375. The van der Waals surface area contributed by atoms with Gasteiger partial charge in [0.15, 0.2) is 5.03 Å². The lowest BCUT2D eigenvalue weighted by atomic mass is 10.2. The molecule has 1 fully saturated rings. The Labute approximate surface area is 141 Å². The fourth-order valence-electron chi connectivity index (χ4n) is 2.75. The molecule has 0 aliphatic carbocycles. The Kier molecular flexibility index (Phi) is 4.68. The summed E-state index contributed by atoms with van der Waals surface area (Å²) in [7, 11) is -1.88. The van der Waals surface area contributed by atoms with E-state index in [1.165, 1.54) is 16.8 Å². The Morgan fingerprint density at radius 3 is 2.50 bits per heavy atom. The van der Waals surface area contributed by atoms with Gasteiger partial charge in [0.2, 0.25) is 0 Å². The number of aryl methyl sites for hydroxylation is 1. The maximum Gasteiger partial charge on any atom is 0.262 e. The number of carbonyl (C=O) groups is 1. The zero-order chi connectivity index (χ0) is 17.2. The molecule has 1 aliphatic heterocycles. The van der Waals surface area contributed by atoms with Crippen LogP contribution in [0.5, 0.6) is 0 Å². The predicted octanol–water partition coefficient (Wildman–Crippen LogP) is 0.957. The largest absolute Gasteiger partial charge is 0.339 e. The lowest BCUT2D eigenvalue weighted by Crippen LogP contribution is -2.37. The van der Waals surface area contributed by atoms with Gasteiger partial charge in [-0.2, -0.15) is 4.31 Å². The number of hydrogen-bond acceptors (Lipinski definition) is 4. The number of aromatic nitrogens is 2. The van der Waals surface area contributed by atoms with Gasteiger partial charge in [-0.25, -0.2) is 13.4 Å². The first kappa shape index (κ1) is 16.7. The van der Waals surface area contributed by atoms with Crippen LogP contribution in [0.4, 0.5) is 0 Å². The minimum atomic E-state index is -3.61. The molecule has 1 saturated heterocycles. The zero-order valence-electron chi connectivity index (χ0n) is 13.5. The average molecular weight is 348 g/mol. The van der Waals surface area contributed by atoms with Gasteiger partial charge in [0.25, 0.3) is 15.9 Å². The number of nitrogens with zero attached hydrogens (tertiary/aromatic N) is 4. The highest BCUT2D eigenvalue weighted by molar-refractivity contribution is 7.89. The second-order valence-electron chi connectivity index (χ2n) is 5.79. The molecule has 0 saturated carbocycles. The van der Waals surface area contributed by atoms with E-state index in [2.05, 4.69) is 4.98 Å². The van der Waals surface area contributed by atoms with Crippen molar-refractivity contribution in [2.24, 2.45) is 7.05 Å². The molecule has 8 heteroatoms. The van der Waals surface area contributed by atoms with Gasteiger partial charge in [-0.3, -0.25) is 4.79 Å². The van der Waals surface area contributed by atoms with E-state index < -0.39 is 10.0 Å². The summed E-state index contributed by atoms with van der Waals surface area (Å²) < 4.78 is 28.3. The molecule has 2 aromatic rings. The van der Waals surface area contributed by atoms with Crippen LogP contribution in [-0.2, 0) is 17.1 Å². The Bertz CT molecular complexity index is 817. The van der Waals surface area contributed by atoms with Gasteiger partial charge in [-0.15, -0.1) is 0 Å². The van der Waals surface area contributed by atoms with E-state index in [-0.39, 0.29) is 17.5 Å². The molecule has 0 atom stereocenters. The van der Waals surface area contributed by atoms with Crippen molar-refractivity contribution >= 4 is 15.9 Å². The molecule has 1 aliphatic rings. The van der Waals surface area contributed by atoms with Crippen LogP contribution in [0, 0.1) is 0 Å². The van der Waals surface area contributed by atoms with Crippen molar-refractivity contribution < 1.29 is 13.2 Å². The summed E-state index contributed by atoms with van der Waals surface area (Å²) in [5.74, 6) is -0.0623. The molecule has 1 aromatic heterocycles. The summed E-state index contributed by atoms with van der Waals surface area (Å²) in [4.78, 5) is 18.2. The van der Waals surface area contributed by atoms with Crippen molar-refractivity contribution in [2.75, 3.05) is 26.2 Å². The van der Waals surface area contributed by atoms with Gasteiger partial charge < -0.3 is 9.47 Å². The standard InChI is InChI=1S/C16H20N4O3S/c1-18-12-15(17-13-18)24(22,23)20-9-5-8-19(10-11-20)16(21)14-6-3-2-4-7-14/h2-4,6-7,12-13H,5,8-11H2,1H3. The molecule has 2 heterocycles. The molecule has 0 unspecified atom stereocenters. The minimum Gasteiger partial charge on any atom is -0.339 e. The highest BCUT2D eigenvalue weighted by Crippen LogP contribution is 2.17. The van der Waals surface area contributed by atoms with Gasteiger partial charge in [-0.05, 0) is 18.6 Å². The van der Waals surface area contributed by atoms with Crippen LogP contribution in [-0.4, -0.2) is 59.3 Å². The van der Waals surface area contributed by atoms with Crippen molar-refractivity contribution in [1.29, 1.82) is 0 Å². The first-order valence-corrected chi connectivity index (χ1v) is 9.25. The molecule has 7 nitrogen and oxygen atoms in total. The van der Waals surface area contributed by atoms with Crippen molar-refractivity contribution in [3.05, 3.63) is 48.4 Å². The van der Waals surface area contributed by atoms with Crippen LogP contribution in [0.2, 0.25) is 0 Å². The molecule has 1 amide bonds. The number of carbonyl (C=O) groups excluding carboxylic acids is 1. The predicted molar refractivity (Wildman–Crippen MR) is 88.9 cm³/mol. The highest BCUT2D eigenvalue weighted by atomic mass is 32.2. The first-order valence-electron chi connectivity index (χ1n) is 7.81. The van der Waals surface area contributed by atoms with Gasteiger partial charge in [0.05, 0.1) is 6.33 Å². The number of rotatable bonds is 3. The summed E-state index contributed by atoms with van der Waals surface area (Å²) in [5, 5.41) is 0.0489. The minimum absolute atomic E-state index is 0.0489. The van der Waals surface area contributed by atoms with Crippen LogP contribution in [0.1, 0.15) is 16.8 Å². The Morgan fingerprint density at radius 2 is 1.83 bits per heavy atom. The lowest BCUT2D eigenvalue weighted by molar-refractivity contribution is 0.0764. The summed E-state index contributed by atoms with van der Waals surface area (Å²) in [5.41, 5.74) is 0.624. The molecular weight excluding hydrogens is 328 g/mol. The Balaban J connectivity index is 1.72. The molecule has 0 radical (unpaired) electrons. The summed E-state index contributed by atoms with van der Waals surface area (Å²) in [6, 6.07) is 9.05. The van der Waals surface area contributed by atoms with Crippen LogP contribution >= 0.6 is 0 Å². The van der Waals surface area contributed by atoms with Crippen molar-refractivity contribution in [3.63, 3.8) is 0 Å². The molecule has 3 rings (SSSR count). The fourth-order valence-corrected chi connectivity index (χ4v) is 4.19. The molecule has 0 bridgehead atoms. The number of amides is 1. The number of benzene rings is 1. The molecular formula is C16H20N4O3S. The van der Waals surface area contributed by atoms with E-state index in [9.17, 15) is 13.2 Å². The van der Waals surface area contributed by atoms with E-state index in [4.69, 9.17) is 0 Å². The van der Waals surface area contributed by atoms with Crippen molar-refractivity contribution in [1.82, 2.24) is 18.8 Å². The lowest BCUT2D eigenvalue weighted by Gasteiger charge is -2.21. The van der Waals surface area contributed by atoms with Crippen LogP contribution in [0.15, 0.2) is 47.9 Å². The van der Waals surface area contributed by atoms with Gasteiger partial charge in [-0.1, -0.05) is 18.2 Å². The highest BCUT2D eigenvalue weighted by Gasteiger charge is 2.29. The topological polar surface area (TPSA) is 75.5 Å². The number of imidazole rings is 1. The second-order valence-corrected chi connectivity index (χ2v) is 7.68. The van der Waals surface area contributed by atoms with Crippen molar-refractivity contribution in [2.45, 2.75) is 11.4 Å².